The number of hydrogen-bond acceptors (Lipinski definition) is 5. The molecule has 6 heteroatoms. The summed E-state index contributed by atoms with van der Waals surface area (Å²) in [7, 11) is 1.63. The fourth-order valence-corrected chi connectivity index (χ4v) is 0.905. The number of methoxy groups -OCH3 is 1. The number of carbonyl (C=O) groups is 1. The summed E-state index contributed by atoms with van der Waals surface area (Å²) in [4.78, 5) is 18.2. The maximum atomic E-state index is 10.5. The van der Waals surface area contributed by atoms with Gasteiger partial charge in [-0.25, -0.2) is 14.8 Å². The molecule has 0 fully saturated rings. The molecule has 0 aliphatic heterocycles. The van der Waals surface area contributed by atoms with Crippen molar-refractivity contribution in [3.05, 3.63) is 18.1 Å². The Morgan fingerprint density at radius 1 is 1.50 bits per heavy atom. The fraction of sp³-hybridized carbons (Fsp3) is 0.500. The zero-order valence-corrected chi connectivity index (χ0v) is 9.52. The second-order valence-corrected chi connectivity index (χ2v) is 3.91. The van der Waals surface area contributed by atoms with E-state index in [1.54, 1.807) is 7.11 Å². The molecule has 0 aromatic carbocycles. The molecule has 2 N–H and O–H groups in total. The first kappa shape index (κ1) is 12.4. The molecule has 0 unspecified atom stereocenters. The Hall–Kier alpha value is -1.69. The van der Waals surface area contributed by atoms with Gasteiger partial charge in [-0.05, 0) is 13.8 Å². The normalized spacial score (nSPS) is 11.2. The van der Waals surface area contributed by atoms with E-state index in [-0.39, 0.29) is 11.3 Å². The van der Waals surface area contributed by atoms with Gasteiger partial charge in [0.25, 0.3) is 0 Å². The monoisotopic (exact) mass is 225 g/mol. The van der Waals surface area contributed by atoms with Gasteiger partial charge in [0.15, 0.2) is 5.69 Å². The van der Waals surface area contributed by atoms with Crippen LogP contribution >= 0.6 is 0 Å². The lowest BCUT2D eigenvalue weighted by molar-refractivity contribution is 0.0343. The number of hydrogen-bond donors (Lipinski definition) is 2. The second-order valence-electron chi connectivity index (χ2n) is 3.91. The summed E-state index contributed by atoms with van der Waals surface area (Å²) >= 11 is 0. The van der Waals surface area contributed by atoms with Crippen LogP contribution in [0, 0.1) is 0 Å². The largest absolute Gasteiger partial charge is 0.476 e. The van der Waals surface area contributed by atoms with Crippen molar-refractivity contribution in [3.63, 3.8) is 0 Å². The molecule has 0 radical (unpaired) electrons. The Morgan fingerprint density at radius 3 is 2.62 bits per heavy atom. The predicted molar refractivity (Wildman–Crippen MR) is 58.6 cm³/mol. The molecule has 88 valence electrons. The number of anilines is 1. The van der Waals surface area contributed by atoms with Crippen LogP contribution in [-0.2, 0) is 4.74 Å². The molecule has 6 nitrogen and oxygen atoms in total. The molecule has 0 amide bonds. The first-order valence-electron chi connectivity index (χ1n) is 4.79. The highest BCUT2D eigenvalue weighted by Gasteiger charge is 2.16. The molecule has 1 aromatic heterocycles. The summed E-state index contributed by atoms with van der Waals surface area (Å²) < 4.78 is 5.22. The van der Waals surface area contributed by atoms with Crippen LogP contribution in [0.2, 0.25) is 0 Å². The van der Waals surface area contributed by atoms with Crippen molar-refractivity contribution in [1.29, 1.82) is 0 Å². The Bertz CT molecular complexity index is 362. The third kappa shape index (κ3) is 3.47. The summed E-state index contributed by atoms with van der Waals surface area (Å²) in [5, 5.41) is 11.6. The topological polar surface area (TPSA) is 84.3 Å². The van der Waals surface area contributed by atoms with Gasteiger partial charge >= 0.3 is 5.97 Å². The molecule has 16 heavy (non-hydrogen) atoms. The predicted octanol–water partition coefficient (Wildman–Crippen LogP) is 1.01. The van der Waals surface area contributed by atoms with E-state index in [0.29, 0.717) is 12.4 Å². The number of ether oxygens (including phenoxy) is 1. The van der Waals surface area contributed by atoms with Gasteiger partial charge in [0, 0.05) is 13.7 Å². The summed E-state index contributed by atoms with van der Waals surface area (Å²) in [5.74, 6) is -0.564. The molecule has 0 bridgehead atoms. The van der Waals surface area contributed by atoms with Gasteiger partial charge in [0.1, 0.15) is 5.82 Å². The molecular formula is C10H15N3O3. The van der Waals surface area contributed by atoms with Gasteiger partial charge in [-0.15, -0.1) is 0 Å². The van der Waals surface area contributed by atoms with Crippen molar-refractivity contribution in [1.82, 2.24) is 9.97 Å². The number of carboxylic acids is 1. The van der Waals surface area contributed by atoms with Gasteiger partial charge in [-0.3, -0.25) is 0 Å². The highest BCUT2D eigenvalue weighted by molar-refractivity contribution is 5.84. The van der Waals surface area contributed by atoms with Crippen LogP contribution in [0.1, 0.15) is 24.3 Å². The maximum absolute atomic E-state index is 10.5. The van der Waals surface area contributed by atoms with E-state index < -0.39 is 5.97 Å². The maximum Gasteiger partial charge on any atom is 0.356 e. The average molecular weight is 225 g/mol. The summed E-state index contributed by atoms with van der Waals surface area (Å²) in [6, 6.07) is 0. The number of carboxylic acid groups (broad SMARTS) is 1. The van der Waals surface area contributed by atoms with Crippen LogP contribution in [0.15, 0.2) is 12.4 Å². The highest BCUT2D eigenvalue weighted by Crippen LogP contribution is 2.09. The summed E-state index contributed by atoms with van der Waals surface area (Å²) in [5.41, 5.74) is -0.385. The van der Waals surface area contributed by atoms with Gasteiger partial charge in [0.05, 0.1) is 18.0 Å². The van der Waals surface area contributed by atoms with Crippen LogP contribution in [0.25, 0.3) is 0 Å². The Labute approximate surface area is 93.7 Å². The van der Waals surface area contributed by atoms with Crippen molar-refractivity contribution in [2.45, 2.75) is 19.4 Å². The van der Waals surface area contributed by atoms with E-state index >= 15 is 0 Å². The van der Waals surface area contributed by atoms with E-state index in [4.69, 9.17) is 9.84 Å². The number of aromatic nitrogens is 2. The van der Waals surface area contributed by atoms with E-state index in [0.717, 1.165) is 0 Å². The molecule has 0 aliphatic carbocycles. The van der Waals surface area contributed by atoms with Gasteiger partial charge in [0.2, 0.25) is 0 Å². The lowest BCUT2D eigenvalue weighted by Crippen LogP contribution is -2.32. The van der Waals surface area contributed by atoms with Crippen LogP contribution in [0.4, 0.5) is 5.82 Å². The first-order chi connectivity index (χ1) is 7.44. The Kier molecular flexibility index (Phi) is 3.78. The quantitative estimate of drug-likeness (QED) is 0.778. The van der Waals surface area contributed by atoms with Crippen molar-refractivity contribution in [3.8, 4) is 0 Å². The fourth-order valence-electron chi connectivity index (χ4n) is 0.905. The number of rotatable bonds is 5. The van der Waals surface area contributed by atoms with E-state index in [9.17, 15) is 4.79 Å². The average Bonchev–Trinajstić information content (AvgIpc) is 2.27. The first-order valence-corrected chi connectivity index (χ1v) is 4.79. The zero-order chi connectivity index (χ0) is 12.2. The SMILES string of the molecule is COC(C)(C)CNc1cnc(C(=O)O)cn1. The third-order valence-corrected chi connectivity index (χ3v) is 2.12. The van der Waals surface area contributed by atoms with E-state index in [1.165, 1.54) is 12.4 Å². The minimum Gasteiger partial charge on any atom is -0.476 e. The zero-order valence-electron chi connectivity index (χ0n) is 9.52. The smallest absolute Gasteiger partial charge is 0.356 e. The molecule has 1 heterocycles. The van der Waals surface area contributed by atoms with Crippen LogP contribution < -0.4 is 5.32 Å². The van der Waals surface area contributed by atoms with Gasteiger partial charge in [-0.1, -0.05) is 0 Å². The molecule has 1 aromatic rings. The molecule has 0 aliphatic rings. The Morgan fingerprint density at radius 2 is 2.19 bits per heavy atom. The molecule has 0 atom stereocenters. The number of nitrogens with one attached hydrogen (secondary N) is 1. The van der Waals surface area contributed by atoms with Crippen LogP contribution in [0.5, 0.6) is 0 Å². The van der Waals surface area contributed by atoms with Crippen molar-refractivity contribution in [2.24, 2.45) is 0 Å². The second kappa shape index (κ2) is 4.89. The number of aromatic carboxylic acids is 1. The lowest BCUT2D eigenvalue weighted by Gasteiger charge is -2.23. The molecular weight excluding hydrogens is 210 g/mol. The van der Waals surface area contributed by atoms with Crippen molar-refractivity contribution in [2.75, 3.05) is 19.0 Å². The summed E-state index contributed by atoms with van der Waals surface area (Å²) in [6.45, 7) is 4.42. The molecule has 1 rings (SSSR count). The van der Waals surface area contributed by atoms with Crippen molar-refractivity contribution >= 4 is 11.8 Å². The van der Waals surface area contributed by atoms with E-state index in [1.807, 2.05) is 13.8 Å². The summed E-state index contributed by atoms with van der Waals surface area (Å²) in [6.07, 6.45) is 2.60. The highest BCUT2D eigenvalue weighted by atomic mass is 16.5. The minimum atomic E-state index is -1.09. The van der Waals surface area contributed by atoms with Gasteiger partial charge < -0.3 is 15.2 Å². The molecule has 0 saturated heterocycles. The van der Waals surface area contributed by atoms with Crippen LogP contribution in [-0.4, -0.2) is 40.3 Å². The molecule has 0 spiro atoms. The van der Waals surface area contributed by atoms with Gasteiger partial charge in [-0.2, -0.15) is 0 Å². The minimum absolute atomic E-state index is 0.0726. The Balaban J connectivity index is 2.59. The lowest BCUT2D eigenvalue weighted by atomic mass is 10.1. The van der Waals surface area contributed by atoms with E-state index in [2.05, 4.69) is 15.3 Å². The van der Waals surface area contributed by atoms with Crippen molar-refractivity contribution < 1.29 is 14.6 Å². The third-order valence-electron chi connectivity index (χ3n) is 2.12. The van der Waals surface area contributed by atoms with Crippen LogP contribution in [0.3, 0.4) is 0 Å². The molecule has 0 saturated carbocycles. The number of nitrogens with zero attached hydrogens (tertiary/aromatic N) is 2. The standard InChI is InChI=1S/C10H15N3O3/c1-10(2,16-3)6-13-8-5-11-7(4-12-8)9(14)15/h4-5H,6H2,1-3H3,(H,12,13)(H,14,15).